The lowest BCUT2D eigenvalue weighted by molar-refractivity contribution is 0.892. The molecule has 0 fully saturated rings. The van der Waals surface area contributed by atoms with Gasteiger partial charge < -0.3 is 5.73 Å². The van der Waals surface area contributed by atoms with E-state index in [-0.39, 0.29) is 0 Å². The Kier molecular flexibility index (Phi) is 1.22. The summed E-state index contributed by atoms with van der Waals surface area (Å²) in [5.74, 6) is 0.403. The van der Waals surface area contributed by atoms with E-state index >= 15 is 0 Å². The fourth-order valence-electron chi connectivity index (χ4n) is 0.510. The Morgan fingerprint density at radius 2 is 2.57 bits per heavy atom. The van der Waals surface area contributed by atoms with Crippen LogP contribution < -0.4 is 5.73 Å². The van der Waals surface area contributed by atoms with Crippen molar-refractivity contribution in [2.75, 3.05) is 6.54 Å². The molecule has 0 saturated heterocycles. The van der Waals surface area contributed by atoms with Gasteiger partial charge in [0.2, 0.25) is 0 Å². The summed E-state index contributed by atoms with van der Waals surface area (Å²) in [4.78, 5) is 3.85. The highest BCUT2D eigenvalue weighted by atomic mass is 14.7. The second-order valence-electron chi connectivity index (χ2n) is 1.54. The fourth-order valence-corrected chi connectivity index (χ4v) is 0.510. The Morgan fingerprint density at radius 1 is 1.71 bits per heavy atom. The zero-order valence-corrected chi connectivity index (χ0v) is 4.04. The van der Waals surface area contributed by atoms with Crippen molar-refractivity contribution in [3.63, 3.8) is 0 Å². The van der Waals surface area contributed by atoms with E-state index in [1.54, 1.807) is 6.20 Å². The van der Waals surface area contributed by atoms with Gasteiger partial charge in [-0.15, -0.1) is 0 Å². The average molecular weight is 96.1 g/mol. The number of hydrogen-bond acceptors (Lipinski definition) is 2. The topological polar surface area (TPSA) is 38.4 Å². The van der Waals surface area contributed by atoms with E-state index in [9.17, 15) is 0 Å². The van der Waals surface area contributed by atoms with Gasteiger partial charge in [-0.25, -0.2) is 0 Å². The van der Waals surface area contributed by atoms with Crippen LogP contribution >= 0.6 is 0 Å². The van der Waals surface area contributed by atoms with Crippen LogP contribution in [-0.4, -0.2) is 12.8 Å². The molecule has 0 amide bonds. The molecule has 38 valence electrons. The van der Waals surface area contributed by atoms with Crippen LogP contribution in [0.3, 0.4) is 0 Å². The molecule has 0 aromatic rings. The summed E-state index contributed by atoms with van der Waals surface area (Å²) < 4.78 is 0. The molecule has 0 saturated carbocycles. The van der Waals surface area contributed by atoms with Crippen molar-refractivity contribution in [3.8, 4) is 0 Å². The highest BCUT2D eigenvalue weighted by molar-refractivity contribution is 5.66. The minimum atomic E-state index is 0.403. The molecule has 1 heterocycles. The first-order valence-corrected chi connectivity index (χ1v) is 2.33. The second kappa shape index (κ2) is 1.89. The number of aliphatic imine (C=N–C) groups is 1. The molecule has 1 atom stereocenters. The Morgan fingerprint density at radius 3 is 2.86 bits per heavy atom. The van der Waals surface area contributed by atoms with Crippen LogP contribution in [0, 0.1) is 5.92 Å². The first-order chi connectivity index (χ1) is 3.43. The molecule has 2 N–H and O–H groups in total. The quantitative estimate of drug-likeness (QED) is 0.496. The molecule has 0 aromatic heterocycles. The van der Waals surface area contributed by atoms with Gasteiger partial charge in [0, 0.05) is 24.9 Å². The minimum absolute atomic E-state index is 0.403. The number of nitrogens with zero attached hydrogens (tertiary/aromatic N) is 1. The molecule has 1 aliphatic heterocycles. The van der Waals surface area contributed by atoms with E-state index in [0.717, 1.165) is 0 Å². The molecule has 0 aromatic carbocycles. The van der Waals surface area contributed by atoms with Crippen LogP contribution in [0.2, 0.25) is 0 Å². The highest BCUT2D eigenvalue weighted by Gasteiger charge is 1.98. The average Bonchev–Trinajstić information content (AvgIpc) is 2.14. The number of hydrogen-bond donors (Lipinski definition) is 1. The predicted octanol–water partition coefficient (Wildman–Crippen LogP) is 0.159. The van der Waals surface area contributed by atoms with Crippen LogP contribution in [0.4, 0.5) is 0 Å². The highest BCUT2D eigenvalue weighted by Crippen LogP contribution is 1.98. The molecule has 1 rings (SSSR count). The summed E-state index contributed by atoms with van der Waals surface area (Å²) in [5.41, 5.74) is 5.29. The molecular formula is C5H8N2. The molecule has 7 heavy (non-hydrogen) atoms. The predicted molar refractivity (Wildman–Crippen MR) is 30.2 cm³/mol. The zero-order valence-electron chi connectivity index (χ0n) is 4.04. The molecule has 1 aliphatic rings. The van der Waals surface area contributed by atoms with E-state index in [0.29, 0.717) is 12.5 Å². The third-order valence-corrected chi connectivity index (χ3v) is 0.969. The number of nitrogens with two attached hydrogens (primary N) is 1. The Labute approximate surface area is 42.7 Å². The van der Waals surface area contributed by atoms with Crippen molar-refractivity contribution < 1.29 is 0 Å². The van der Waals surface area contributed by atoms with Crippen LogP contribution in [0.15, 0.2) is 17.3 Å². The zero-order chi connectivity index (χ0) is 5.11. The first kappa shape index (κ1) is 4.53. The van der Waals surface area contributed by atoms with Gasteiger partial charge in [0.15, 0.2) is 0 Å². The standard InChI is InChI=1S/C5H8N2/c6-3-5-1-2-7-4-5/h1-2,4-5H,3,6H2. The maximum absolute atomic E-state index is 5.29. The van der Waals surface area contributed by atoms with Gasteiger partial charge in [0.25, 0.3) is 0 Å². The molecule has 0 aliphatic carbocycles. The summed E-state index contributed by atoms with van der Waals surface area (Å²) >= 11 is 0. The normalized spacial score (nSPS) is 26.7. The Bertz CT molecular complexity index is 92.6. The second-order valence-corrected chi connectivity index (χ2v) is 1.54. The smallest absolute Gasteiger partial charge is 0.0263 e. The van der Waals surface area contributed by atoms with Gasteiger partial charge in [-0.2, -0.15) is 0 Å². The number of rotatable bonds is 1. The summed E-state index contributed by atoms with van der Waals surface area (Å²) in [5, 5.41) is 0. The maximum Gasteiger partial charge on any atom is 0.0263 e. The van der Waals surface area contributed by atoms with Crippen molar-refractivity contribution in [1.82, 2.24) is 0 Å². The van der Waals surface area contributed by atoms with Gasteiger partial charge in [-0.1, -0.05) is 6.08 Å². The molecule has 0 radical (unpaired) electrons. The van der Waals surface area contributed by atoms with Crippen LogP contribution in [0.5, 0.6) is 0 Å². The van der Waals surface area contributed by atoms with E-state index < -0.39 is 0 Å². The Hall–Kier alpha value is -0.630. The van der Waals surface area contributed by atoms with Gasteiger partial charge >= 0.3 is 0 Å². The summed E-state index contributed by atoms with van der Waals surface area (Å²) in [6.45, 7) is 0.681. The molecular weight excluding hydrogens is 88.1 g/mol. The van der Waals surface area contributed by atoms with Gasteiger partial charge in [0.1, 0.15) is 0 Å². The molecule has 2 nitrogen and oxygen atoms in total. The van der Waals surface area contributed by atoms with Gasteiger partial charge in [-0.3, -0.25) is 4.99 Å². The lowest BCUT2D eigenvalue weighted by Crippen LogP contribution is -2.10. The summed E-state index contributed by atoms with van der Waals surface area (Å²) in [6, 6.07) is 0. The summed E-state index contributed by atoms with van der Waals surface area (Å²) in [6.07, 6.45) is 5.61. The van der Waals surface area contributed by atoms with Crippen LogP contribution in [0.1, 0.15) is 0 Å². The van der Waals surface area contributed by atoms with E-state index in [1.165, 1.54) is 0 Å². The van der Waals surface area contributed by atoms with Gasteiger partial charge in [-0.05, 0) is 0 Å². The molecule has 1 unspecified atom stereocenters. The van der Waals surface area contributed by atoms with Crippen molar-refractivity contribution >= 4 is 6.21 Å². The maximum atomic E-state index is 5.29. The van der Waals surface area contributed by atoms with Crippen molar-refractivity contribution in [2.24, 2.45) is 16.6 Å². The fraction of sp³-hybridized carbons (Fsp3) is 0.400. The van der Waals surface area contributed by atoms with Gasteiger partial charge in [0.05, 0.1) is 0 Å². The van der Waals surface area contributed by atoms with Crippen molar-refractivity contribution in [3.05, 3.63) is 12.3 Å². The van der Waals surface area contributed by atoms with Crippen molar-refractivity contribution in [2.45, 2.75) is 0 Å². The van der Waals surface area contributed by atoms with E-state index in [1.807, 2.05) is 12.3 Å². The third-order valence-electron chi connectivity index (χ3n) is 0.969. The lowest BCUT2D eigenvalue weighted by atomic mass is 10.2. The van der Waals surface area contributed by atoms with E-state index in [4.69, 9.17) is 5.73 Å². The first-order valence-electron chi connectivity index (χ1n) is 2.33. The largest absolute Gasteiger partial charge is 0.330 e. The van der Waals surface area contributed by atoms with E-state index in [2.05, 4.69) is 4.99 Å². The summed E-state index contributed by atoms with van der Waals surface area (Å²) in [7, 11) is 0. The third kappa shape index (κ3) is 0.871. The van der Waals surface area contributed by atoms with Crippen molar-refractivity contribution in [1.29, 1.82) is 0 Å². The molecule has 0 spiro atoms. The van der Waals surface area contributed by atoms with Crippen LogP contribution in [0.25, 0.3) is 0 Å². The minimum Gasteiger partial charge on any atom is -0.330 e. The lowest BCUT2D eigenvalue weighted by Gasteiger charge is -1.92. The molecule has 0 bridgehead atoms. The molecule has 2 heteroatoms. The van der Waals surface area contributed by atoms with Crippen LogP contribution in [-0.2, 0) is 0 Å². The Balaban J connectivity index is 2.44. The SMILES string of the molecule is NCC1C=CN=C1. The monoisotopic (exact) mass is 96.1 g/mol.